The Morgan fingerprint density at radius 1 is 1.33 bits per heavy atom. The van der Waals surface area contributed by atoms with Gasteiger partial charge in [0.1, 0.15) is 0 Å². The van der Waals surface area contributed by atoms with Crippen molar-refractivity contribution in [1.29, 1.82) is 0 Å². The van der Waals surface area contributed by atoms with Crippen LogP contribution in [-0.4, -0.2) is 44.9 Å². The van der Waals surface area contributed by atoms with Crippen LogP contribution in [0.4, 0.5) is 0 Å². The van der Waals surface area contributed by atoms with E-state index in [4.69, 9.17) is 0 Å². The Bertz CT molecular complexity index is 337. The number of hydrogen-bond donors (Lipinski definition) is 2. The molecule has 1 aliphatic carbocycles. The molecule has 0 aliphatic heterocycles. The highest BCUT2D eigenvalue weighted by atomic mass is 32.2. The first-order chi connectivity index (χ1) is 8.31. The van der Waals surface area contributed by atoms with Crippen molar-refractivity contribution in [3.63, 3.8) is 0 Å². The third kappa shape index (κ3) is 5.22. The lowest BCUT2D eigenvalue weighted by atomic mass is 9.83. The first kappa shape index (κ1) is 15.9. The van der Waals surface area contributed by atoms with E-state index < -0.39 is 10.2 Å². The molecule has 0 atom stereocenters. The largest absolute Gasteiger partial charge is 0.314 e. The maximum absolute atomic E-state index is 12.0. The van der Waals surface area contributed by atoms with E-state index >= 15 is 0 Å². The van der Waals surface area contributed by atoms with Crippen LogP contribution in [-0.2, 0) is 10.2 Å². The van der Waals surface area contributed by atoms with Crippen LogP contribution in [0.2, 0.25) is 0 Å². The van der Waals surface area contributed by atoms with Crippen LogP contribution in [0, 0.1) is 5.92 Å². The highest BCUT2D eigenvalue weighted by Crippen LogP contribution is 2.26. The molecule has 0 amide bonds. The molecule has 5 nitrogen and oxygen atoms in total. The van der Waals surface area contributed by atoms with Gasteiger partial charge in [0.05, 0.1) is 0 Å². The molecule has 0 aromatic heterocycles. The van der Waals surface area contributed by atoms with Gasteiger partial charge in [-0.3, -0.25) is 0 Å². The third-order valence-corrected chi connectivity index (χ3v) is 4.94. The predicted molar refractivity (Wildman–Crippen MR) is 74.6 cm³/mol. The Labute approximate surface area is 112 Å². The molecule has 0 aromatic carbocycles. The SMILES string of the molecule is CC1CC(NS(=O)(=O)N(C)CCCNC(C)C)C1. The van der Waals surface area contributed by atoms with E-state index in [9.17, 15) is 8.42 Å². The second-order valence-corrected chi connectivity index (χ2v) is 7.49. The molecular weight excluding hydrogens is 250 g/mol. The molecule has 0 heterocycles. The lowest BCUT2D eigenvalue weighted by molar-refractivity contribution is 0.265. The molecule has 0 spiro atoms. The summed E-state index contributed by atoms with van der Waals surface area (Å²) in [6.45, 7) is 7.71. The monoisotopic (exact) mass is 277 g/mol. The topological polar surface area (TPSA) is 61.4 Å². The average Bonchev–Trinajstić information content (AvgIpc) is 2.21. The summed E-state index contributed by atoms with van der Waals surface area (Å²) in [5.74, 6) is 0.651. The summed E-state index contributed by atoms with van der Waals surface area (Å²) < 4.78 is 28.1. The highest BCUT2D eigenvalue weighted by Gasteiger charge is 2.30. The molecule has 0 aromatic rings. The molecule has 1 aliphatic rings. The molecule has 0 unspecified atom stereocenters. The van der Waals surface area contributed by atoms with E-state index in [0.29, 0.717) is 18.5 Å². The molecule has 2 N–H and O–H groups in total. The third-order valence-electron chi connectivity index (χ3n) is 3.30. The van der Waals surface area contributed by atoms with Gasteiger partial charge in [0.2, 0.25) is 0 Å². The number of nitrogens with zero attached hydrogens (tertiary/aromatic N) is 1. The van der Waals surface area contributed by atoms with Gasteiger partial charge >= 0.3 is 0 Å². The zero-order valence-corrected chi connectivity index (χ0v) is 12.8. The maximum Gasteiger partial charge on any atom is 0.279 e. The second kappa shape index (κ2) is 6.84. The average molecular weight is 277 g/mol. The Morgan fingerprint density at radius 3 is 2.44 bits per heavy atom. The zero-order chi connectivity index (χ0) is 13.8. The van der Waals surface area contributed by atoms with Crippen LogP contribution in [0.25, 0.3) is 0 Å². The molecule has 108 valence electrons. The Kier molecular flexibility index (Phi) is 6.04. The van der Waals surface area contributed by atoms with Gasteiger partial charge in [0.25, 0.3) is 10.2 Å². The lowest BCUT2D eigenvalue weighted by Crippen LogP contribution is -2.49. The second-order valence-electron chi connectivity index (χ2n) is 5.68. The quantitative estimate of drug-likeness (QED) is 0.649. The van der Waals surface area contributed by atoms with Crippen LogP contribution in [0.15, 0.2) is 0 Å². The number of hydrogen-bond acceptors (Lipinski definition) is 3. The van der Waals surface area contributed by atoms with Crippen LogP contribution in [0.5, 0.6) is 0 Å². The molecule has 18 heavy (non-hydrogen) atoms. The Morgan fingerprint density at radius 2 is 1.94 bits per heavy atom. The van der Waals surface area contributed by atoms with Crippen LogP contribution < -0.4 is 10.0 Å². The minimum Gasteiger partial charge on any atom is -0.314 e. The van der Waals surface area contributed by atoms with Gasteiger partial charge in [-0.25, -0.2) is 0 Å². The summed E-state index contributed by atoms with van der Waals surface area (Å²) in [4.78, 5) is 0. The van der Waals surface area contributed by atoms with E-state index in [-0.39, 0.29) is 6.04 Å². The first-order valence-electron chi connectivity index (χ1n) is 6.78. The van der Waals surface area contributed by atoms with Gasteiger partial charge in [-0.15, -0.1) is 0 Å². The van der Waals surface area contributed by atoms with Gasteiger partial charge in [0, 0.05) is 25.7 Å². The summed E-state index contributed by atoms with van der Waals surface area (Å²) in [7, 11) is -1.65. The fraction of sp³-hybridized carbons (Fsp3) is 1.00. The molecule has 1 fully saturated rings. The van der Waals surface area contributed by atoms with Crippen molar-refractivity contribution in [3.8, 4) is 0 Å². The Balaban J connectivity index is 2.24. The minimum atomic E-state index is -3.29. The highest BCUT2D eigenvalue weighted by molar-refractivity contribution is 7.87. The van der Waals surface area contributed by atoms with E-state index in [0.717, 1.165) is 25.8 Å². The van der Waals surface area contributed by atoms with E-state index in [1.54, 1.807) is 7.05 Å². The van der Waals surface area contributed by atoms with Crippen molar-refractivity contribution in [2.45, 2.75) is 52.1 Å². The molecule has 1 saturated carbocycles. The van der Waals surface area contributed by atoms with Gasteiger partial charge in [-0.2, -0.15) is 17.4 Å². The van der Waals surface area contributed by atoms with E-state index in [1.165, 1.54) is 4.31 Å². The first-order valence-corrected chi connectivity index (χ1v) is 8.22. The van der Waals surface area contributed by atoms with E-state index in [1.807, 2.05) is 0 Å². The standard InChI is InChI=1S/C12H27N3O2S/c1-10(2)13-6-5-7-15(4)18(16,17)14-12-8-11(3)9-12/h10-14H,5-9H2,1-4H3. The van der Waals surface area contributed by atoms with Crippen molar-refractivity contribution in [1.82, 2.24) is 14.3 Å². The van der Waals surface area contributed by atoms with Crippen molar-refractivity contribution in [2.24, 2.45) is 5.92 Å². The summed E-state index contributed by atoms with van der Waals surface area (Å²) in [5, 5.41) is 3.28. The van der Waals surface area contributed by atoms with Gasteiger partial charge in [-0.05, 0) is 31.7 Å². The maximum atomic E-state index is 12.0. The molecule has 0 bridgehead atoms. The molecule has 0 radical (unpaired) electrons. The molecule has 6 heteroatoms. The smallest absolute Gasteiger partial charge is 0.279 e. The van der Waals surface area contributed by atoms with E-state index in [2.05, 4.69) is 30.8 Å². The number of nitrogens with one attached hydrogen (secondary N) is 2. The minimum absolute atomic E-state index is 0.140. The predicted octanol–water partition coefficient (Wildman–Crippen LogP) is 0.939. The summed E-state index contributed by atoms with van der Waals surface area (Å²) in [6.07, 6.45) is 2.75. The molecule has 0 saturated heterocycles. The van der Waals surface area contributed by atoms with Gasteiger partial charge in [0.15, 0.2) is 0 Å². The fourth-order valence-electron chi connectivity index (χ4n) is 2.11. The fourth-order valence-corrected chi connectivity index (χ4v) is 3.27. The summed E-state index contributed by atoms with van der Waals surface area (Å²) in [6, 6.07) is 0.586. The van der Waals surface area contributed by atoms with Crippen LogP contribution >= 0.6 is 0 Å². The summed E-state index contributed by atoms with van der Waals surface area (Å²) in [5.41, 5.74) is 0. The van der Waals surface area contributed by atoms with Gasteiger partial charge < -0.3 is 5.32 Å². The van der Waals surface area contributed by atoms with Crippen LogP contribution in [0.3, 0.4) is 0 Å². The van der Waals surface area contributed by atoms with Crippen LogP contribution in [0.1, 0.15) is 40.0 Å². The van der Waals surface area contributed by atoms with Crippen molar-refractivity contribution in [2.75, 3.05) is 20.1 Å². The van der Waals surface area contributed by atoms with Crippen molar-refractivity contribution < 1.29 is 8.42 Å². The van der Waals surface area contributed by atoms with Crippen molar-refractivity contribution in [3.05, 3.63) is 0 Å². The van der Waals surface area contributed by atoms with Gasteiger partial charge in [-0.1, -0.05) is 20.8 Å². The Hall–Kier alpha value is -0.170. The molecule has 1 rings (SSSR count). The summed E-state index contributed by atoms with van der Waals surface area (Å²) >= 11 is 0. The molecular formula is C12H27N3O2S. The number of rotatable bonds is 8. The lowest BCUT2D eigenvalue weighted by Gasteiger charge is -2.34. The van der Waals surface area contributed by atoms with Crippen molar-refractivity contribution >= 4 is 10.2 Å². The zero-order valence-electron chi connectivity index (χ0n) is 11.9. The normalized spacial score (nSPS) is 24.6.